The molecule has 4 aliphatic rings. The SMILES string of the molecule is CN[C@@H](C)C(=O)NC(C(=O)N1CC[C@H]2NC[C@H](Oc3ccc4c(c3)CCCC4)[C@]21C)C1CCCCC1. The number of likely N-dealkylation sites (tertiary alicyclic amines) is 1. The molecule has 0 spiro atoms. The summed E-state index contributed by atoms with van der Waals surface area (Å²) in [6.07, 6.45) is 11.0. The van der Waals surface area contributed by atoms with Gasteiger partial charge in [0, 0.05) is 19.1 Å². The predicted molar refractivity (Wildman–Crippen MR) is 141 cm³/mol. The number of nitrogens with one attached hydrogen (secondary N) is 3. The van der Waals surface area contributed by atoms with Crippen LogP contribution < -0.4 is 20.7 Å². The van der Waals surface area contributed by atoms with Crippen molar-refractivity contribution in [3.8, 4) is 5.75 Å². The molecule has 0 bridgehead atoms. The molecule has 2 aliphatic carbocycles. The smallest absolute Gasteiger partial charge is 0.246 e. The van der Waals surface area contributed by atoms with Gasteiger partial charge >= 0.3 is 0 Å². The van der Waals surface area contributed by atoms with Gasteiger partial charge in [-0.15, -0.1) is 0 Å². The summed E-state index contributed by atoms with van der Waals surface area (Å²) in [4.78, 5) is 29.2. The third-order valence-corrected chi connectivity index (χ3v) is 9.51. The number of hydrogen-bond donors (Lipinski definition) is 3. The Bertz CT molecular complexity index is 962. The number of carbonyl (C=O) groups is 2. The van der Waals surface area contributed by atoms with Crippen molar-refractivity contribution in [1.82, 2.24) is 20.9 Å². The maximum Gasteiger partial charge on any atom is 0.246 e. The van der Waals surface area contributed by atoms with Gasteiger partial charge in [-0.05, 0) is 95.0 Å². The van der Waals surface area contributed by atoms with Crippen LogP contribution in [0.1, 0.15) is 76.3 Å². The first kappa shape index (κ1) is 25.5. The zero-order valence-electron chi connectivity index (χ0n) is 22.3. The molecular weight excluding hydrogens is 452 g/mol. The van der Waals surface area contributed by atoms with E-state index in [1.54, 1.807) is 7.05 Å². The van der Waals surface area contributed by atoms with E-state index in [-0.39, 0.29) is 35.9 Å². The number of ether oxygens (including phenoxy) is 1. The molecule has 2 heterocycles. The van der Waals surface area contributed by atoms with Gasteiger partial charge in [0.25, 0.3) is 0 Å². The Morgan fingerprint density at radius 3 is 2.58 bits per heavy atom. The van der Waals surface area contributed by atoms with Gasteiger partial charge in [-0.3, -0.25) is 9.59 Å². The molecule has 7 heteroatoms. The van der Waals surface area contributed by atoms with Crippen molar-refractivity contribution in [2.24, 2.45) is 5.92 Å². The first-order valence-electron chi connectivity index (χ1n) is 14.2. The van der Waals surface area contributed by atoms with Gasteiger partial charge in [-0.2, -0.15) is 0 Å². The van der Waals surface area contributed by atoms with E-state index in [2.05, 4.69) is 41.1 Å². The lowest BCUT2D eigenvalue weighted by molar-refractivity contribution is -0.144. The molecule has 5 rings (SSSR count). The van der Waals surface area contributed by atoms with Gasteiger partial charge in [0.05, 0.1) is 11.6 Å². The zero-order chi connectivity index (χ0) is 25.3. The van der Waals surface area contributed by atoms with Crippen molar-refractivity contribution in [3.05, 3.63) is 29.3 Å². The number of carbonyl (C=O) groups excluding carboxylic acids is 2. The maximum absolute atomic E-state index is 14.2. The molecule has 3 fully saturated rings. The number of hydrogen-bond acceptors (Lipinski definition) is 5. The minimum Gasteiger partial charge on any atom is -0.487 e. The molecule has 1 aromatic carbocycles. The molecule has 3 N–H and O–H groups in total. The second kappa shape index (κ2) is 10.7. The second-order valence-corrected chi connectivity index (χ2v) is 11.6. The van der Waals surface area contributed by atoms with Gasteiger partial charge in [0.15, 0.2) is 0 Å². The first-order valence-corrected chi connectivity index (χ1v) is 14.2. The summed E-state index contributed by atoms with van der Waals surface area (Å²) in [7, 11) is 1.78. The Labute approximate surface area is 216 Å². The van der Waals surface area contributed by atoms with Crippen LogP contribution in [0.2, 0.25) is 0 Å². The van der Waals surface area contributed by atoms with Crippen molar-refractivity contribution in [3.63, 3.8) is 0 Å². The molecule has 198 valence electrons. The van der Waals surface area contributed by atoms with Crippen LogP contribution in [0.25, 0.3) is 0 Å². The molecule has 5 atom stereocenters. The summed E-state index contributed by atoms with van der Waals surface area (Å²) in [6.45, 7) is 5.44. The minimum atomic E-state index is -0.478. The van der Waals surface area contributed by atoms with Crippen molar-refractivity contribution in [2.45, 2.75) is 108 Å². The fourth-order valence-corrected chi connectivity index (χ4v) is 7.02. The lowest BCUT2D eigenvalue weighted by atomic mass is 9.82. The Morgan fingerprint density at radius 1 is 1.08 bits per heavy atom. The van der Waals surface area contributed by atoms with Crippen LogP contribution in [0, 0.1) is 5.92 Å². The van der Waals surface area contributed by atoms with E-state index in [0.29, 0.717) is 6.54 Å². The van der Waals surface area contributed by atoms with Crippen LogP contribution in [0.5, 0.6) is 5.75 Å². The van der Waals surface area contributed by atoms with Gasteiger partial charge in [0.2, 0.25) is 11.8 Å². The van der Waals surface area contributed by atoms with E-state index in [1.165, 1.54) is 30.4 Å². The molecule has 1 saturated carbocycles. The van der Waals surface area contributed by atoms with E-state index >= 15 is 0 Å². The Hall–Kier alpha value is -2.12. The molecule has 1 aromatic rings. The topological polar surface area (TPSA) is 82.7 Å². The second-order valence-electron chi connectivity index (χ2n) is 11.6. The predicted octanol–water partition coefficient (Wildman–Crippen LogP) is 2.95. The van der Waals surface area contributed by atoms with Crippen LogP contribution in [0.3, 0.4) is 0 Å². The van der Waals surface area contributed by atoms with E-state index < -0.39 is 11.6 Å². The fourth-order valence-electron chi connectivity index (χ4n) is 7.02. The minimum absolute atomic E-state index is 0.0614. The van der Waals surface area contributed by atoms with E-state index in [4.69, 9.17) is 4.74 Å². The van der Waals surface area contributed by atoms with Crippen LogP contribution >= 0.6 is 0 Å². The first-order chi connectivity index (χ1) is 17.4. The summed E-state index contributed by atoms with van der Waals surface area (Å²) < 4.78 is 6.65. The highest BCUT2D eigenvalue weighted by Gasteiger charge is 2.58. The third kappa shape index (κ3) is 4.76. The van der Waals surface area contributed by atoms with Gasteiger partial charge in [-0.1, -0.05) is 25.3 Å². The van der Waals surface area contributed by atoms with Crippen LogP contribution in [-0.4, -0.2) is 66.6 Å². The average Bonchev–Trinajstić information content (AvgIpc) is 3.41. The average molecular weight is 497 g/mol. The van der Waals surface area contributed by atoms with Gasteiger partial charge < -0.3 is 25.6 Å². The number of likely N-dealkylation sites (N-methyl/N-ethyl adjacent to an activating group) is 1. The Balaban J connectivity index is 1.37. The Morgan fingerprint density at radius 2 is 1.83 bits per heavy atom. The van der Waals surface area contributed by atoms with Crippen molar-refractivity contribution >= 4 is 11.8 Å². The maximum atomic E-state index is 14.2. The van der Waals surface area contributed by atoms with E-state index in [0.717, 1.165) is 57.2 Å². The van der Waals surface area contributed by atoms with Crippen LogP contribution in [0.4, 0.5) is 0 Å². The van der Waals surface area contributed by atoms with Crippen molar-refractivity contribution in [2.75, 3.05) is 20.1 Å². The van der Waals surface area contributed by atoms with Gasteiger partial charge in [-0.25, -0.2) is 0 Å². The van der Waals surface area contributed by atoms with Crippen LogP contribution in [-0.2, 0) is 22.4 Å². The van der Waals surface area contributed by atoms with Crippen molar-refractivity contribution in [1.29, 1.82) is 0 Å². The summed E-state index contributed by atoms with van der Waals surface area (Å²) >= 11 is 0. The van der Waals surface area contributed by atoms with Gasteiger partial charge in [0.1, 0.15) is 17.9 Å². The zero-order valence-corrected chi connectivity index (χ0v) is 22.3. The molecule has 1 unspecified atom stereocenters. The lowest BCUT2D eigenvalue weighted by Gasteiger charge is -2.42. The highest BCUT2D eigenvalue weighted by Crippen LogP contribution is 2.40. The summed E-state index contributed by atoms with van der Waals surface area (Å²) in [5, 5.41) is 9.82. The largest absolute Gasteiger partial charge is 0.487 e. The number of rotatable bonds is 7. The van der Waals surface area contributed by atoms with Crippen LogP contribution in [0.15, 0.2) is 18.2 Å². The lowest BCUT2D eigenvalue weighted by Crippen LogP contribution is -2.63. The number of amides is 2. The molecule has 2 saturated heterocycles. The summed E-state index contributed by atoms with van der Waals surface area (Å²) in [6, 6.07) is 5.93. The molecule has 2 aliphatic heterocycles. The normalized spacial score (nSPS) is 29.8. The molecule has 2 amide bonds. The number of fused-ring (bicyclic) bond motifs is 2. The molecular formula is C29H44N4O3. The number of nitrogens with zero attached hydrogens (tertiary/aromatic N) is 1. The Kier molecular flexibility index (Phi) is 7.59. The quantitative estimate of drug-likeness (QED) is 0.541. The highest BCUT2D eigenvalue weighted by atomic mass is 16.5. The summed E-state index contributed by atoms with van der Waals surface area (Å²) in [5.41, 5.74) is 2.41. The number of benzene rings is 1. The van der Waals surface area contributed by atoms with E-state index in [9.17, 15) is 9.59 Å². The van der Waals surface area contributed by atoms with E-state index in [1.807, 2.05) is 11.8 Å². The third-order valence-electron chi connectivity index (χ3n) is 9.51. The molecule has 36 heavy (non-hydrogen) atoms. The molecule has 7 nitrogen and oxygen atoms in total. The number of aryl methyl sites for hydroxylation is 2. The monoisotopic (exact) mass is 496 g/mol. The van der Waals surface area contributed by atoms with Crippen molar-refractivity contribution < 1.29 is 14.3 Å². The summed E-state index contributed by atoms with van der Waals surface area (Å²) in [5.74, 6) is 1.06. The molecule has 0 radical (unpaired) electrons. The molecule has 0 aromatic heterocycles. The standard InChI is InChI=1S/C29H44N4O3/c1-19(30-3)27(34)32-26(21-10-5-4-6-11-21)28(35)33-16-15-24-29(33,2)25(18-31-24)36-23-14-13-20-9-7-8-12-22(20)17-23/h13-14,17,19,21,24-26,30-31H,4-12,15-16,18H2,1-3H3,(H,32,34)/t19-,24+,25-,26?,29-/m0/s1. The highest BCUT2D eigenvalue weighted by molar-refractivity contribution is 5.90. The fraction of sp³-hybridized carbons (Fsp3) is 0.724.